The number of hydrogen-bond acceptors (Lipinski definition) is 6. The van der Waals surface area contributed by atoms with E-state index in [1.807, 2.05) is 61.5 Å². The van der Waals surface area contributed by atoms with Gasteiger partial charge in [-0.3, -0.25) is 14.4 Å². The molecule has 7 heteroatoms. The number of para-hydroxylation sites is 1. The Labute approximate surface area is 201 Å². The van der Waals surface area contributed by atoms with Gasteiger partial charge in [0, 0.05) is 4.88 Å². The number of hydrogen-bond donors (Lipinski definition) is 0. The fraction of sp³-hybridized carbons (Fsp3) is 0.296. The van der Waals surface area contributed by atoms with Crippen LogP contribution in [0.25, 0.3) is 0 Å². The Hall–Kier alpha value is -3.47. The summed E-state index contributed by atoms with van der Waals surface area (Å²) in [5.74, 6) is -1.38. The molecule has 170 valence electrons. The molecule has 6 rings (SSSR count). The van der Waals surface area contributed by atoms with E-state index >= 15 is 0 Å². The van der Waals surface area contributed by atoms with Gasteiger partial charge >= 0.3 is 0 Å². The summed E-state index contributed by atoms with van der Waals surface area (Å²) in [6, 6.07) is 19.4. The van der Waals surface area contributed by atoms with Crippen molar-refractivity contribution in [3.05, 3.63) is 81.7 Å². The highest BCUT2D eigenvalue weighted by Gasteiger charge is 2.61. The molecule has 3 heterocycles. The van der Waals surface area contributed by atoms with Crippen molar-refractivity contribution >= 4 is 33.8 Å². The molecular formula is C27H23N3O3S. The molecule has 3 aliphatic rings. The van der Waals surface area contributed by atoms with E-state index in [-0.39, 0.29) is 11.8 Å². The Morgan fingerprint density at radius 3 is 2.50 bits per heavy atom. The van der Waals surface area contributed by atoms with Crippen molar-refractivity contribution in [2.24, 2.45) is 5.92 Å². The summed E-state index contributed by atoms with van der Waals surface area (Å²) in [6.45, 7) is 1.99. The second-order valence-electron chi connectivity index (χ2n) is 9.03. The summed E-state index contributed by atoms with van der Waals surface area (Å²) in [7, 11) is 0. The summed E-state index contributed by atoms with van der Waals surface area (Å²) in [5, 5.41) is 12.1. The van der Waals surface area contributed by atoms with Gasteiger partial charge in [0.25, 0.3) is 5.91 Å². The van der Waals surface area contributed by atoms with Gasteiger partial charge in [-0.1, -0.05) is 48.5 Å². The Bertz CT molecular complexity index is 1340. The van der Waals surface area contributed by atoms with E-state index in [0.29, 0.717) is 10.6 Å². The second kappa shape index (κ2) is 8.08. The van der Waals surface area contributed by atoms with Crippen molar-refractivity contribution in [1.29, 1.82) is 5.26 Å². The molecule has 0 unspecified atom stereocenters. The van der Waals surface area contributed by atoms with Gasteiger partial charge in [0.15, 0.2) is 6.10 Å². The number of rotatable bonds is 3. The number of aryl methyl sites for hydroxylation is 2. The minimum absolute atomic E-state index is 0.296. The fourth-order valence-corrected chi connectivity index (χ4v) is 6.80. The molecule has 0 spiro atoms. The minimum atomic E-state index is -0.928. The smallest absolute Gasteiger partial charge is 0.267 e. The zero-order chi connectivity index (χ0) is 23.4. The molecule has 2 amide bonds. The first-order valence-corrected chi connectivity index (χ1v) is 12.4. The predicted molar refractivity (Wildman–Crippen MR) is 129 cm³/mol. The average molecular weight is 470 g/mol. The van der Waals surface area contributed by atoms with Crippen LogP contribution >= 0.6 is 11.3 Å². The summed E-state index contributed by atoms with van der Waals surface area (Å²) < 4.78 is 0. The first-order chi connectivity index (χ1) is 16.6. The number of anilines is 2. The third-order valence-corrected chi connectivity index (χ3v) is 8.35. The largest absolute Gasteiger partial charge is 0.273 e. The first kappa shape index (κ1) is 21.1. The van der Waals surface area contributed by atoms with E-state index < -0.39 is 18.1 Å². The zero-order valence-corrected chi connectivity index (χ0v) is 19.5. The molecule has 34 heavy (non-hydrogen) atoms. The summed E-state index contributed by atoms with van der Waals surface area (Å²) >= 11 is 1.42. The summed E-state index contributed by atoms with van der Waals surface area (Å²) in [6.07, 6.45) is 2.87. The third-order valence-electron chi connectivity index (χ3n) is 7.08. The average Bonchev–Trinajstić information content (AvgIpc) is 3.50. The van der Waals surface area contributed by atoms with Crippen LogP contribution in [-0.4, -0.2) is 17.9 Å². The number of nitrogens with zero attached hydrogens (tertiary/aromatic N) is 3. The van der Waals surface area contributed by atoms with Crippen molar-refractivity contribution in [2.75, 3.05) is 9.96 Å². The van der Waals surface area contributed by atoms with Crippen LogP contribution in [0.4, 0.5) is 10.7 Å². The number of fused-ring (bicyclic) bond motifs is 2. The third kappa shape index (κ3) is 3.03. The lowest BCUT2D eigenvalue weighted by atomic mass is 9.90. The molecule has 2 saturated heterocycles. The molecule has 3 aromatic rings. The first-order valence-electron chi connectivity index (χ1n) is 11.6. The van der Waals surface area contributed by atoms with Crippen molar-refractivity contribution in [3.8, 4) is 6.07 Å². The lowest BCUT2D eigenvalue weighted by Gasteiger charge is -2.29. The van der Waals surface area contributed by atoms with Gasteiger partial charge in [0.2, 0.25) is 5.91 Å². The zero-order valence-electron chi connectivity index (χ0n) is 18.7. The van der Waals surface area contributed by atoms with Crippen molar-refractivity contribution in [1.82, 2.24) is 0 Å². The topological polar surface area (TPSA) is 73.6 Å². The molecule has 3 atom stereocenters. The van der Waals surface area contributed by atoms with E-state index in [4.69, 9.17) is 4.84 Å². The van der Waals surface area contributed by atoms with E-state index in [0.717, 1.165) is 52.9 Å². The number of hydroxylamine groups is 1. The van der Waals surface area contributed by atoms with Crippen molar-refractivity contribution in [2.45, 2.75) is 44.8 Å². The molecule has 1 aliphatic carbocycles. The maximum Gasteiger partial charge on any atom is 0.267 e. The molecule has 6 nitrogen and oxygen atoms in total. The van der Waals surface area contributed by atoms with Crippen LogP contribution in [0.2, 0.25) is 0 Å². The Kier molecular flexibility index (Phi) is 5.01. The number of carbonyl (C=O) groups is 2. The van der Waals surface area contributed by atoms with Crippen LogP contribution < -0.4 is 9.96 Å². The summed E-state index contributed by atoms with van der Waals surface area (Å²) in [5.41, 5.74) is 4.23. The quantitative estimate of drug-likeness (QED) is 0.512. The number of nitriles is 1. The van der Waals surface area contributed by atoms with E-state index in [1.165, 1.54) is 16.2 Å². The number of amides is 2. The van der Waals surface area contributed by atoms with Gasteiger partial charge in [-0.25, -0.2) is 9.96 Å². The molecule has 0 saturated carbocycles. The highest BCUT2D eigenvalue weighted by atomic mass is 32.1. The van der Waals surface area contributed by atoms with E-state index in [1.54, 1.807) is 5.06 Å². The number of carbonyl (C=O) groups excluding carboxylic acids is 2. The Balaban J connectivity index is 1.45. The van der Waals surface area contributed by atoms with Crippen LogP contribution in [0.3, 0.4) is 0 Å². The van der Waals surface area contributed by atoms with Crippen LogP contribution in [0, 0.1) is 24.2 Å². The molecule has 1 aromatic heterocycles. The highest BCUT2D eigenvalue weighted by Crippen LogP contribution is 2.50. The molecule has 0 bridgehead atoms. The standard InChI is InChI=1S/C27H23N3O3S/c1-16-9-5-7-13-20(16)30-23(17-10-3-2-4-11-17)22-24(33-30)26(32)29(25(22)31)27-19(15-28)18-12-6-8-14-21(18)34-27/h2-5,7,9-11,13,22-24H,6,8,12,14H2,1H3/t22-,23+,24+/m1/s1. The maximum absolute atomic E-state index is 13.9. The normalized spacial score (nSPS) is 23.7. The molecule has 2 fully saturated rings. The lowest BCUT2D eigenvalue weighted by molar-refractivity contribution is -0.126. The SMILES string of the molecule is Cc1ccccc1N1O[C@@H]2C(=O)N(c3sc4c(c3C#N)CCCC4)C(=O)[C@@H]2[C@@H]1c1ccccc1. The maximum atomic E-state index is 13.9. The monoisotopic (exact) mass is 469 g/mol. The van der Waals surface area contributed by atoms with Gasteiger partial charge in [-0.05, 0) is 55.4 Å². The number of imide groups is 1. The van der Waals surface area contributed by atoms with Crippen LogP contribution in [0.1, 0.15) is 46.0 Å². The Morgan fingerprint density at radius 2 is 1.74 bits per heavy atom. The van der Waals surface area contributed by atoms with Gasteiger partial charge < -0.3 is 0 Å². The van der Waals surface area contributed by atoms with Crippen molar-refractivity contribution in [3.63, 3.8) is 0 Å². The number of thiophene rings is 1. The molecule has 2 aliphatic heterocycles. The van der Waals surface area contributed by atoms with Crippen LogP contribution in [0.15, 0.2) is 54.6 Å². The minimum Gasteiger partial charge on any atom is -0.273 e. The fourth-order valence-electron chi connectivity index (χ4n) is 5.45. The molecular weight excluding hydrogens is 446 g/mol. The van der Waals surface area contributed by atoms with Gasteiger partial charge in [-0.2, -0.15) is 5.26 Å². The van der Waals surface area contributed by atoms with Gasteiger partial charge in [-0.15, -0.1) is 11.3 Å². The highest BCUT2D eigenvalue weighted by molar-refractivity contribution is 7.17. The van der Waals surface area contributed by atoms with Crippen molar-refractivity contribution < 1.29 is 14.4 Å². The van der Waals surface area contributed by atoms with Crippen LogP contribution in [0.5, 0.6) is 0 Å². The number of benzene rings is 2. The molecule has 0 N–H and O–H groups in total. The Morgan fingerprint density at radius 1 is 1.00 bits per heavy atom. The van der Waals surface area contributed by atoms with Crippen LogP contribution in [-0.2, 0) is 27.3 Å². The van der Waals surface area contributed by atoms with Gasteiger partial charge in [0.1, 0.15) is 17.0 Å². The second-order valence-corrected chi connectivity index (χ2v) is 10.1. The van der Waals surface area contributed by atoms with Gasteiger partial charge in [0.05, 0.1) is 17.3 Å². The van der Waals surface area contributed by atoms with E-state index in [9.17, 15) is 14.9 Å². The predicted octanol–water partition coefficient (Wildman–Crippen LogP) is 4.86. The lowest BCUT2D eigenvalue weighted by Crippen LogP contribution is -2.37. The molecule has 0 radical (unpaired) electrons. The molecule has 2 aromatic carbocycles. The van der Waals surface area contributed by atoms with E-state index in [2.05, 4.69) is 6.07 Å². The summed E-state index contributed by atoms with van der Waals surface area (Å²) in [4.78, 5) is 36.2.